The summed E-state index contributed by atoms with van der Waals surface area (Å²) in [5.41, 5.74) is 3.62. The Morgan fingerprint density at radius 1 is 0.722 bits per heavy atom. The molecule has 0 aliphatic carbocycles. The number of unbranched alkanes of at least 4 members (excludes halogenated alkanes) is 1. The zero-order chi connectivity index (χ0) is 13.8. The summed E-state index contributed by atoms with van der Waals surface area (Å²) in [7, 11) is 0. The van der Waals surface area contributed by atoms with Crippen molar-refractivity contribution in [2.75, 3.05) is 0 Å². The highest BCUT2D eigenvalue weighted by atomic mass is 14.2. The summed E-state index contributed by atoms with van der Waals surface area (Å²) >= 11 is 0. The molecule has 0 aromatic carbocycles. The monoisotopic (exact) mass is 252 g/mol. The van der Waals surface area contributed by atoms with E-state index in [4.69, 9.17) is 0 Å². The van der Waals surface area contributed by atoms with E-state index in [2.05, 4.69) is 34.6 Å². The van der Waals surface area contributed by atoms with Crippen molar-refractivity contribution in [2.24, 2.45) is 5.92 Å². The van der Waals surface area contributed by atoms with E-state index in [0.29, 0.717) is 0 Å². The fourth-order valence-electron chi connectivity index (χ4n) is 2.91. The summed E-state index contributed by atoms with van der Waals surface area (Å²) in [4.78, 5) is 0. The molecule has 0 aliphatic rings. The highest BCUT2D eigenvalue weighted by Crippen LogP contribution is 2.28. The van der Waals surface area contributed by atoms with Crippen LogP contribution in [0.2, 0.25) is 0 Å². The minimum Gasteiger partial charge on any atom is -0.0710 e. The first-order valence-electron chi connectivity index (χ1n) is 8.39. The van der Waals surface area contributed by atoms with E-state index >= 15 is 0 Å². The van der Waals surface area contributed by atoms with Gasteiger partial charge >= 0.3 is 0 Å². The summed E-state index contributed by atoms with van der Waals surface area (Å²) < 4.78 is 0. The van der Waals surface area contributed by atoms with Gasteiger partial charge in [0.25, 0.3) is 0 Å². The molecule has 18 heavy (non-hydrogen) atoms. The van der Waals surface area contributed by atoms with Gasteiger partial charge in [-0.25, -0.2) is 0 Å². The van der Waals surface area contributed by atoms with Crippen LogP contribution < -0.4 is 0 Å². The van der Waals surface area contributed by atoms with Gasteiger partial charge in [0, 0.05) is 0 Å². The third kappa shape index (κ3) is 7.95. The molecule has 1 unspecified atom stereocenters. The molecular formula is C18H36. The number of hydrogen-bond donors (Lipinski definition) is 0. The molecule has 0 saturated carbocycles. The van der Waals surface area contributed by atoms with Crippen LogP contribution in [0.1, 0.15) is 98.8 Å². The molecule has 0 heteroatoms. The molecule has 0 aliphatic heterocycles. The van der Waals surface area contributed by atoms with E-state index in [-0.39, 0.29) is 0 Å². The van der Waals surface area contributed by atoms with Crippen LogP contribution in [-0.2, 0) is 0 Å². The molecule has 0 fully saturated rings. The first-order valence-corrected chi connectivity index (χ1v) is 8.39. The largest absolute Gasteiger partial charge is 0.0710 e. The Morgan fingerprint density at radius 3 is 1.83 bits per heavy atom. The smallest absolute Gasteiger partial charge is 0.0292 e. The molecule has 0 nitrogen and oxygen atoms in total. The maximum Gasteiger partial charge on any atom is -0.0292 e. The van der Waals surface area contributed by atoms with Crippen LogP contribution >= 0.6 is 0 Å². The fourth-order valence-corrected chi connectivity index (χ4v) is 2.91. The first-order chi connectivity index (χ1) is 8.69. The van der Waals surface area contributed by atoms with E-state index in [1.807, 2.05) is 11.1 Å². The van der Waals surface area contributed by atoms with Gasteiger partial charge in [-0.2, -0.15) is 0 Å². The van der Waals surface area contributed by atoms with Crippen molar-refractivity contribution in [3.05, 3.63) is 11.1 Å². The summed E-state index contributed by atoms with van der Waals surface area (Å²) in [5, 5.41) is 0. The molecule has 0 heterocycles. The second-order valence-corrected chi connectivity index (χ2v) is 5.91. The molecule has 0 aromatic heterocycles. The Morgan fingerprint density at radius 2 is 1.33 bits per heavy atom. The van der Waals surface area contributed by atoms with Gasteiger partial charge in [0.05, 0.1) is 0 Å². The van der Waals surface area contributed by atoms with Gasteiger partial charge in [0.15, 0.2) is 0 Å². The fraction of sp³-hybridized carbons (Fsp3) is 0.889. The predicted octanol–water partition coefficient (Wildman–Crippen LogP) is 6.90. The van der Waals surface area contributed by atoms with Crippen molar-refractivity contribution >= 4 is 0 Å². The maximum atomic E-state index is 2.43. The van der Waals surface area contributed by atoms with Crippen LogP contribution in [0.3, 0.4) is 0 Å². The SMILES string of the molecule is CCCCC(CCC)=C(CCC)CC(C)CCC. The summed E-state index contributed by atoms with van der Waals surface area (Å²) in [6.45, 7) is 11.7. The van der Waals surface area contributed by atoms with Crippen LogP contribution in [0.4, 0.5) is 0 Å². The molecule has 0 aromatic rings. The molecule has 0 amide bonds. The van der Waals surface area contributed by atoms with Gasteiger partial charge in [0.2, 0.25) is 0 Å². The van der Waals surface area contributed by atoms with Crippen molar-refractivity contribution in [2.45, 2.75) is 98.8 Å². The third-order valence-corrected chi connectivity index (χ3v) is 3.81. The van der Waals surface area contributed by atoms with Gasteiger partial charge in [-0.15, -0.1) is 0 Å². The van der Waals surface area contributed by atoms with E-state index in [0.717, 1.165) is 5.92 Å². The van der Waals surface area contributed by atoms with Gasteiger partial charge in [-0.05, 0) is 38.0 Å². The zero-order valence-corrected chi connectivity index (χ0v) is 13.6. The topological polar surface area (TPSA) is 0 Å². The van der Waals surface area contributed by atoms with Crippen molar-refractivity contribution in [1.29, 1.82) is 0 Å². The maximum absolute atomic E-state index is 2.43. The molecule has 0 N–H and O–H groups in total. The molecule has 0 saturated heterocycles. The molecule has 0 bridgehead atoms. The van der Waals surface area contributed by atoms with Crippen LogP contribution in [0.25, 0.3) is 0 Å². The van der Waals surface area contributed by atoms with Crippen LogP contribution in [-0.4, -0.2) is 0 Å². The van der Waals surface area contributed by atoms with Crippen LogP contribution in [0.15, 0.2) is 11.1 Å². The molecule has 1 atom stereocenters. The standard InChI is InChI=1S/C18H36/c1-6-10-14-17(12-8-3)18(13-9-4)15-16(5)11-7-2/h16H,6-15H2,1-5H3. The Bertz CT molecular complexity index is 212. The average Bonchev–Trinajstić information content (AvgIpc) is 2.34. The lowest BCUT2D eigenvalue weighted by molar-refractivity contribution is 0.505. The third-order valence-electron chi connectivity index (χ3n) is 3.81. The van der Waals surface area contributed by atoms with Gasteiger partial charge in [-0.3, -0.25) is 0 Å². The molecule has 0 radical (unpaired) electrons. The number of hydrogen-bond acceptors (Lipinski definition) is 0. The predicted molar refractivity (Wildman–Crippen MR) is 85.1 cm³/mol. The molecule has 108 valence electrons. The van der Waals surface area contributed by atoms with Crippen LogP contribution in [0.5, 0.6) is 0 Å². The summed E-state index contributed by atoms with van der Waals surface area (Å²) in [6, 6.07) is 0. The lowest BCUT2D eigenvalue weighted by Crippen LogP contribution is -2.01. The Hall–Kier alpha value is -0.260. The van der Waals surface area contributed by atoms with Crippen molar-refractivity contribution in [3.63, 3.8) is 0 Å². The summed E-state index contributed by atoms with van der Waals surface area (Å²) in [5.74, 6) is 0.880. The Labute approximate surface area is 116 Å². The van der Waals surface area contributed by atoms with E-state index in [9.17, 15) is 0 Å². The second kappa shape index (κ2) is 11.8. The Kier molecular flexibility index (Phi) is 11.6. The second-order valence-electron chi connectivity index (χ2n) is 5.91. The molecule has 0 rings (SSSR count). The van der Waals surface area contributed by atoms with E-state index in [1.165, 1.54) is 64.2 Å². The van der Waals surface area contributed by atoms with Crippen molar-refractivity contribution in [3.8, 4) is 0 Å². The van der Waals surface area contributed by atoms with E-state index < -0.39 is 0 Å². The Balaban J connectivity index is 4.69. The minimum absolute atomic E-state index is 0.880. The highest BCUT2D eigenvalue weighted by Gasteiger charge is 2.10. The lowest BCUT2D eigenvalue weighted by atomic mass is 9.88. The molecule has 0 spiro atoms. The average molecular weight is 252 g/mol. The van der Waals surface area contributed by atoms with E-state index in [1.54, 1.807) is 0 Å². The number of rotatable bonds is 11. The molecular weight excluding hydrogens is 216 g/mol. The normalized spacial score (nSPS) is 14.5. The highest BCUT2D eigenvalue weighted by molar-refractivity contribution is 5.15. The quantitative estimate of drug-likeness (QED) is 0.351. The van der Waals surface area contributed by atoms with Gasteiger partial charge in [-0.1, -0.05) is 77.9 Å². The minimum atomic E-state index is 0.880. The zero-order valence-electron chi connectivity index (χ0n) is 13.6. The first kappa shape index (κ1) is 17.7. The number of allylic oxidation sites excluding steroid dienone is 2. The van der Waals surface area contributed by atoms with Crippen LogP contribution in [0, 0.1) is 5.92 Å². The van der Waals surface area contributed by atoms with Crippen molar-refractivity contribution in [1.82, 2.24) is 0 Å². The summed E-state index contributed by atoms with van der Waals surface area (Å²) in [6.07, 6.45) is 13.5. The lowest BCUT2D eigenvalue weighted by Gasteiger charge is -2.18. The van der Waals surface area contributed by atoms with Gasteiger partial charge < -0.3 is 0 Å². The van der Waals surface area contributed by atoms with Gasteiger partial charge in [0.1, 0.15) is 0 Å². The van der Waals surface area contributed by atoms with Crippen molar-refractivity contribution < 1.29 is 0 Å².